The molecule has 1 aromatic rings. The summed E-state index contributed by atoms with van der Waals surface area (Å²) >= 11 is 0. The molecule has 7 nitrogen and oxygen atoms in total. The number of amides is 1. The number of nitrogens with zero attached hydrogens (tertiary/aromatic N) is 1. The van der Waals surface area contributed by atoms with Crippen molar-refractivity contribution < 1.29 is 23.9 Å². The van der Waals surface area contributed by atoms with Gasteiger partial charge in [0.1, 0.15) is 6.04 Å². The number of aromatic nitrogens is 1. The van der Waals surface area contributed by atoms with Crippen LogP contribution in [0.4, 0.5) is 0 Å². The SMILES string of the molecule is CC[C@H](C)[C@H](NC(=O)COC(=O)c1ccncc1)C(=O)OC. The van der Waals surface area contributed by atoms with E-state index in [-0.39, 0.29) is 5.92 Å². The van der Waals surface area contributed by atoms with Crippen molar-refractivity contribution in [1.29, 1.82) is 0 Å². The lowest BCUT2D eigenvalue weighted by Crippen LogP contribution is -2.47. The van der Waals surface area contributed by atoms with Crippen LogP contribution in [0, 0.1) is 5.92 Å². The van der Waals surface area contributed by atoms with Crippen LogP contribution in [0.2, 0.25) is 0 Å². The van der Waals surface area contributed by atoms with Crippen molar-refractivity contribution in [3.05, 3.63) is 30.1 Å². The summed E-state index contributed by atoms with van der Waals surface area (Å²) in [5, 5.41) is 2.52. The summed E-state index contributed by atoms with van der Waals surface area (Å²) in [6.07, 6.45) is 3.59. The molecule has 0 aliphatic heterocycles. The molecule has 0 saturated carbocycles. The van der Waals surface area contributed by atoms with E-state index in [1.807, 2.05) is 13.8 Å². The quantitative estimate of drug-likeness (QED) is 0.753. The Balaban J connectivity index is 2.54. The summed E-state index contributed by atoms with van der Waals surface area (Å²) in [5.41, 5.74) is 0.300. The van der Waals surface area contributed by atoms with Gasteiger partial charge in [0.05, 0.1) is 12.7 Å². The minimum Gasteiger partial charge on any atom is -0.467 e. The highest BCUT2D eigenvalue weighted by molar-refractivity contribution is 5.91. The first-order chi connectivity index (χ1) is 10.5. The van der Waals surface area contributed by atoms with Gasteiger partial charge in [-0.3, -0.25) is 9.78 Å². The van der Waals surface area contributed by atoms with Crippen molar-refractivity contribution in [2.24, 2.45) is 5.92 Å². The third-order valence-corrected chi connectivity index (χ3v) is 3.23. The number of carbonyl (C=O) groups is 3. The Morgan fingerprint density at radius 1 is 1.27 bits per heavy atom. The minimum atomic E-state index is -0.762. The van der Waals surface area contributed by atoms with Crippen LogP contribution in [0.25, 0.3) is 0 Å². The zero-order valence-electron chi connectivity index (χ0n) is 12.9. The lowest BCUT2D eigenvalue weighted by Gasteiger charge is -2.21. The summed E-state index contributed by atoms with van der Waals surface area (Å²) in [6.45, 7) is 3.26. The molecule has 0 aliphatic carbocycles. The van der Waals surface area contributed by atoms with Crippen LogP contribution < -0.4 is 5.32 Å². The summed E-state index contributed by atoms with van der Waals surface area (Å²) in [6, 6.07) is 2.20. The first-order valence-corrected chi connectivity index (χ1v) is 6.93. The topological polar surface area (TPSA) is 94.6 Å². The van der Waals surface area contributed by atoms with E-state index in [1.54, 1.807) is 0 Å². The van der Waals surface area contributed by atoms with E-state index in [0.29, 0.717) is 12.0 Å². The van der Waals surface area contributed by atoms with Gasteiger partial charge < -0.3 is 14.8 Å². The first-order valence-electron chi connectivity index (χ1n) is 6.93. The van der Waals surface area contributed by atoms with E-state index >= 15 is 0 Å². The van der Waals surface area contributed by atoms with E-state index in [4.69, 9.17) is 4.74 Å². The predicted molar refractivity (Wildman–Crippen MR) is 77.9 cm³/mol. The maximum absolute atomic E-state index is 11.8. The van der Waals surface area contributed by atoms with Crippen LogP contribution >= 0.6 is 0 Å². The molecule has 0 aromatic carbocycles. The fourth-order valence-electron chi connectivity index (χ4n) is 1.71. The molecular formula is C15H20N2O5. The highest BCUT2D eigenvalue weighted by atomic mass is 16.5. The molecule has 1 aromatic heterocycles. The number of hydrogen-bond acceptors (Lipinski definition) is 6. The summed E-state index contributed by atoms with van der Waals surface area (Å²) in [4.78, 5) is 39.0. The van der Waals surface area contributed by atoms with Crippen LogP contribution in [-0.2, 0) is 19.1 Å². The average Bonchev–Trinajstić information content (AvgIpc) is 2.56. The van der Waals surface area contributed by atoms with E-state index in [9.17, 15) is 14.4 Å². The Bertz CT molecular complexity index is 518. The number of pyridine rings is 1. The standard InChI is InChI=1S/C15H20N2O5/c1-4-10(2)13(15(20)21-3)17-12(18)9-22-14(19)11-5-7-16-8-6-11/h5-8,10,13H,4,9H2,1-3H3,(H,17,18)/t10-,13-/m0/s1. The van der Waals surface area contributed by atoms with Crippen molar-refractivity contribution in [2.75, 3.05) is 13.7 Å². The molecule has 1 rings (SSSR count). The first kappa shape index (κ1) is 17.6. The number of carbonyl (C=O) groups excluding carboxylic acids is 3. The van der Waals surface area contributed by atoms with Crippen molar-refractivity contribution >= 4 is 17.8 Å². The van der Waals surface area contributed by atoms with Gasteiger partial charge in [-0.2, -0.15) is 0 Å². The Morgan fingerprint density at radius 2 is 1.91 bits per heavy atom. The highest BCUT2D eigenvalue weighted by Gasteiger charge is 2.26. The van der Waals surface area contributed by atoms with Crippen LogP contribution in [-0.4, -0.2) is 42.6 Å². The molecule has 120 valence electrons. The summed E-state index contributed by atoms with van der Waals surface area (Å²) in [7, 11) is 1.26. The second kappa shape index (κ2) is 8.76. The third kappa shape index (κ3) is 5.16. The second-order valence-electron chi connectivity index (χ2n) is 4.77. The zero-order valence-corrected chi connectivity index (χ0v) is 12.9. The Labute approximate surface area is 129 Å². The number of rotatable bonds is 7. The number of hydrogen-bond donors (Lipinski definition) is 1. The lowest BCUT2D eigenvalue weighted by molar-refractivity contribution is -0.147. The van der Waals surface area contributed by atoms with Crippen LogP contribution in [0.15, 0.2) is 24.5 Å². The fraction of sp³-hybridized carbons (Fsp3) is 0.467. The molecule has 22 heavy (non-hydrogen) atoms. The average molecular weight is 308 g/mol. The minimum absolute atomic E-state index is 0.0905. The highest BCUT2D eigenvalue weighted by Crippen LogP contribution is 2.09. The molecule has 0 saturated heterocycles. The van der Waals surface area contributed by atoms with Crippen molar-refractivity contribution in [1.82, 2.24) is 10.3 Å². The van der Waals surface area contributed by atoms with E-state index in [1.165, 1.54) is 31.6 Å². The van der Waals surface area contributed by atoms with Crippen molar-refractivity contribution in [3.63, 3.8) is 0 Å². The van der Waals surface area contributed by atoms with Gasteiger partial charge in [0.15, 0.2) is 6.61 Å². The molecule has 0 radical (unpaired) electrons. The number of ether oxygens (including phenoxy) is 2. The fourth-order valence-corrected chi connectivity index (χ4v) is 1.71. The number of nitrogens with one attached hydrogen (secondary N) is 1. The van der Waals surface area contributed by atoms with Gasteiger partial charge >= 0.3 is 11.9 Å². The monoisotopic (exact) mass is 308 g/mol. The van der Waals surface area contributed by atoms with Gasteiger partial charge in [0, 0.05) is 12.4 Å². The zero-order chi connectivity index (χ0) is 16.5. The summed E-state index contributed by atoms with van der Waals surface area (Å²) in [5.74, 6) is -1.80. The molecule has 1 amide bonds. The Hall–Kier alpha value is -2.44. The Kier molecular flexibility index (Phi) is 7.01. The molecular weight excluding hydrogens is 288 g/mol. The van der Waals surface area contributed by atoms with E-state index < -0.39 is 30.5 Å². The van der Waals surface area contributed by atoms with Crippen LogP contribution in [0.1, 0.15) is 30.6 Å². The maximum Gasteiger partial charge on any atom is 0.338 e. The van der Waals surface area contributed by atoms with E-state index in [2.05, 4.69) is 15.0 Å². The van der Waals surface area contributed by atoms with Gasteiger partial charge in [-0.1, -0.05) is 20.3 Å². The van der Waals surface area contributed by atoms with Gasteiger partial charge in [-0.05, 0) is 18.1 Å². The van der Waals surface area contributed by atoms with Crippen LogP contribution in [0.3, 0.4) is 0 Å². The van der Waals surface area contributed by atoms with Crippen molar-refractivity contribution in [2.45, 2.75) is 26.3 Å². The van der Waals surface area contributed by atoms with Gasteiger partial charge in [-0.25, -0.2) is 9.59 Å². The molecule has 1 heterocycles. The molecule has 0 aliphatic rings. The molecule has 7 heteroatoms. The normalized spacial score (nSPS) is 12.9. The molecule has 0 spiro atoms. The lowest BCUT2D eigenvalue weighted by atomic mass is 9.99. The van der Waals surface area contributed by atoms with Gasteiger partial charge in [0.25, 0.3) is 5.91 Å². The molecule has 0 fully saturated rings. The smallest absolute Gasteiger partial charge is 0.338 e. The number of esters is 2. The Morgan fingerprint density at radius 3 is 2.45 bits per heavy atom. The third-order valence-electron chi connectivity index (χ3n) is 3.23. The van der Waals surface area contributed by atoms with Gasteiger partial charge in [0.2, 0.25) is 0 Å². The second-order valence-corrected chi connectivity index (χ2v) is 4.77. The molecule has 2 atom stereocenters. The maximum atomic E-state index is 11.8. The largest absolute Gasteiger partial charge is 0.467 e. The predicted octanol–water partition coefficient (Wildman–Crippen LogP) is 0.942. The number of methoxy groups -OCH3 is 1. The molecule has 1 N–H and O–H groups in total. The van der Waals surface area contributed by atoms with E-state index in [0.717, 1.165) is 0 Å². The van der Waals surface area contributed by atoms with Crippen LogP contribution in [0.5, 0.6) is 0 Å². The summed E-state index contributed by atoms with van der Waals surface area (Å²) < 4.78 is 9.55. The molecule has 0 bridgehead atoms. The molecule has 0 unspecified atom stereocenters. The van der Waals surface area contributed by atoms with Crippen molar-refractivity contribution in [3.8, 4) is 0 Å². The van der Waals surface area contributed by atoms with Gasteiger partial charge in [-0.15, -0.1) is 0 Å².